The number of rotatable bonds is 11. The van der Waals surface area contributed by atoms with Gasteiger partial charge in [-0.2, -0.15) is 0 Å². The van der Waals surface area contributed by atoms with Crippen LogP contribution < -0.4 is 0 Å². The summed E-state index contributed by atoms with van der Waals surface area (Å²) in [4.78, 5) is 0. The van der Waals surface area contributed by atoms with Gasteiger partial charge in [0, 0.05) is 0 Å². The Morgan fingerprint density at radius 3 is 1.96 bits per heavy atom. The van der Waals surface area contributed by atoms with Crippen molar-refractivity contribution in [3.8, 4) is 11.5 Å². The van der Waals surface area contributed by atoms with E-state index >= 15 is 0 Å². The molecular formula is C21H35O3PSi. The molecule has 146 valence electrons. The van der Waals surface area contributed by atoms with Crippen LogP contribution in [0.4, 0.5) is 0 Å². The summed E-state index contributed by atoms with van der Waals surface area (Å²) in [5.74, 6) is 3.39. The molecule has 5 heteroatoms. The van der Waals surface area contributed by atoms with Gasteiger partial charge >= 0.3 is 7.60 Å². The van der Waals surface area contributed by atoms with Gasteiger partial charge in [-0.15, -0.1) is 5.54 Å². The summed E-state index contributed by atoms with van der Waals surface area (Å²) < 4.78 is 24.7. The van der Waals surface area contributed by atoms with Crippen molar-refractivity contribution in [1.82, 2.24) is 0 Å². The SMILES string of the molecule is CCOP(=O)(OCC)[C@@H](C#C[Si](CC)(CC)CC)CCc1ccccc1. The fourth-order valence-corrected chi connectivity index (χ4v) is 7.54. The monoisotopic (exact) mass is 394 g/mol. The Kier molecular flexibility index (Phi) is 10.5. The first-order valence-corrected chi connectivity index (χ1v) is 14.2. The third-order valence-corrected chi connectivity index (χ3v) is 12.2. The van der Waals surface area contributed by atoms with E-state index in [9.17, 15) is 4.57 Å². The van der Waals surface area contributed by atoms with Crippen LogP contribution >= 0.6 is 7.60 Å². The van der Waals surface area contributed by atoms with E-state index in [1.807, 2.05) is 32.0 Å². The molecule has 1 rings (SSSR count). The van der Waals surface area contributed by atoms with Gasteiger partial charge in [0.15, 0.2) is 0 Å². The molecule has 1 aromatic carbocycles. The molecule has 26 heavy (non-hydrogen) atoms. The largest absolute Gasteiger partial charge is 0.345 e. The Balaban J connectivity index is 3.13. The molecule has 0 aliphatic carbocycles. The van der Waals surface area contributed by atoms with Gasteiger partial charge in [0.25, 0.3) is 0 Å². The quantitative estimate of drug-likeness (QED) is 0.251. The average molecular weight is 395 g/mol. The molecule has 0 saturated heterocycles. The van der Waals surface area contributed by atoms with E-state index in [4.69, 9.17) is 9.05 Å². The predicted octanol–water partition coefficient (Wildman–Crippen LogP) is 6.31. The van der Waals surface area contributed by atoms with E-state index in [-0.39, 0.29) is 5.66 Å². The van der Waals surface area contributed by atoms with Crippen molar-refractivity contribution < 1.29 is 13.6 Å². The van der Waals surface area contributed by atoms with E-state index < -0.39 is 15.7 Å². The molecule has 0 aliphatic heterocycles. The second kappa shape index (κ2) is 11.8. The molecule has 0 amide bonds. The van der Waals surface area contributed by atoms with E-state index in [0.29, 0.717) is 19.6 Å². The standard InChI is InChI=1S/C21H35O3PSi/c1-6-23-25(22,24-7-2)21(17-16-20-14-12-11-13-15-20)18-19-26(8-3,9-4)10-5/h11-15,21H,6-10,16-17H2,1-5H3/t21-/m1/s1. The molecule has 1 atom stereocenters. The van der Waals surface area contributed by atoms with Crippen LogP contribution in [0.2, 0.25) is 18.1 Å². The Morgan fingerprint density at radius 1 is 0.962 bits per heavy atom. The second-order valence-corrected chi connectivity index (χ2v) is 13.7. The minimum Gasteiger partial charge on any atom is -0.308 e. The second-order valence-electron chi connectivity index (χ2n) is 6.53. The molecule has 0 heterocycles. The first kappa shape index (κ1) is 23.2. The maximum absolute atomic E-state index is 13.4. The zero-order chi connectivity index (χ0) is 19.5. The van der Waals surface area contributed by atoms with E-state index in [2.05, 4.69) is 44.4 Å². The fourth-order valence-electron chi connectivity index (χ4n) is 3.09. The van der Waals surface area contributed by atoms with Gasteiger partial charge in [0.2, 0.25) is 0 Å². The molecule has 3 nitrogen and oxygen atoms in total. The van der Waals surface area contributed by atoms with Crippen LogP contribution in [-0.2, 0) is 20.0 Å². The summed E-state index contributed by atoms with van der Waals surface area (Å²) in [6.07, 6.45) is 1.51. The lowest BCUT2D eigenvalue weighted by molar-refractivity contribution is 0.215. The first-order chi connectivity index (χ1) is 12.5. The summed E-state index contributed by atoms with van der Waals surface area (Å²) >= 11 is 0. The molecule has 0 unspecified atom stereocenters. The van der Waals surface area contributed by atoms with Gasteiger partial charge < -0.3 is 9.05 Å². The molecule has 0 bridgehead atoms. The summed E-state index contributed by atoms with van der Waals surface area (Å²) in [6.45, 7) is 11.2. The van der Waals surface area contributed by atoms with E-state index in [1.165, 1.54) is 5.56 Å². The lowest BCUT2D eigenvalue weighted by Gasteiger charge is -2.24. The number of hydrogen-bond donors (Lipinski definition) is 0. The highest BCUT2D eigenvalue weighted by atomic mass is 31.2. The summed E-state index contributed by atoms with van der Waals surface area (Å²) in [7, 11) is -4.84. The molecule has 0 spiro atoms. The van der Waals surface area contributed by atoms with E-state index in [1.54, 1.807) is 0 Å². The lowest BCUT2D eigenvalue weighted by Crippen LogP contribution is -2.30. The van der Waals surface area contributed by atoms with Gasteiger partial charge in [-0.1, -0.05) is 57.0 Å². The fraction of sp³-hybridized carbons (Fsp3) is 0.619. The third-order valence-electron chi connectivity index (χ3n) is 5.08. The van der Waals surface area contributed by atoms with Gasteiger partial charge in [0.1, 0.15) is 13.7 Å². The van der Waals surface area contributed by atoms with Crippen LogP contribution in [0.15, 0.2) is 30.3 Å². The number of hydrogen-bond acceptors (Lipinski definition) is 3. The summed E-state index contributed by atoms with van der Waals surface area (Å²) in [5.41, 5.74) is 4.46. The van der Waals surface area contributed by atoms with Crippen LogP contribution in [0.1, 0.15) is 46.6 Å². The first-order valence-electron chi connectivity index (χ1n) is 9.94. The van der Waals surface area contributed by atoms with Crippen molar-refractivity contribution in [3.05, 3.63) is 35.9 Å². The van der Waals surface area contributed by atoms with Crippen LogP contribution in [0.25, 0.3) is 0 Å². The maximum atomic E-state index is 13.4. The predicted molar refractivity (Wildman–Crippen MR) is 114 cm³/mol. The molecule has 0 saturated carbocycles. The molecule has 0 radical (unpaired) electrons. The Labute approximate surface area is 161 Å². The zero-order valence-corrected chi connectivity index (χ0v) is 19.0. The van der Waals surface area contributed by atoms with Crippen molar-refractivity contribution in [2.24, 2.45) is 0 Å². The van der Waals surface area contributed by atoms with Crippen molar-refractivity contribution in [3.63, 3.8) is 0 Å². The van der Waals surface area contributed by atoms with Gasteiger partial charge in [-0.3, -0.25) is 4.57 Å². The van der Waals surface area contributed by atoms with Crippen molar-refractivity contribution in [1.29, 1.82) is 0 Å². The van der Waals surface area contributed by atoms with Crippen LogP contribution in [0.5, 0.6) is 0 Å². The van der Waals surface area contributed by atoms with Crippen LogP contribution in [-0.4, -0.2) is 26.9 Å². The van der Waals surface area contributed by atoms with Gasteiger partial charge in [-0.25, -0.2) is 0 Å². The van der Waals surface area contributed by atoms with Crippen molar-refractivity contribution >= 4 is 15.7 Å². The lowest BCUT2D eigenvalue weighted by atomic mass is 10.1. The zero-order valence-electron chi connectivity index (χ0n) is 17.1. The molecule has 0 aliphatic rings. The van der Waals surface area contributed by atoms with E-state index in [0.717, 1.165) is 24.6 Å². The number of benzene rings is 1. The Hall–Kier alpha value is -0.853. The Bertz CT molecular complexity index is 599. The molecule has 0 fully saturated rings. The minimum absolute atomic E-state index is 0.362. The van der Waals surface area contributed by atoms with Crippen molar-refractivity contribution in [2.45, 2.75) is 71.3 Å². The summed E-state index contributed by atoms with van der Waals surface area (Å²) in [6, 6.07) is 13.7. The summed E-state index contributed by atoms with van der Waals surface area (Å²) in [5, 5.41) is 0. The molecule has 0 N–H and O–H groups in total. The topological polar surface area (TPSA) is 35.5 Å². The smallest absolute Gasteiger partial charge is 0.308 e. The highest BCUT2D eigenvalue weighted by Crippen LogP contribution is 2.54. The number of aryl methyl sites for hydroxylation is 1. The molecule has 0 aromatic heterocycles. The maximum Gasteiger partial charge on any atom is 0.345 e. The minimum atomic E-state index is -3.24. The van der Waals surface area contributed by atoms with Gasteiger partial charge in [-0.05, 0) is 50.4 Å². The van der Waals surface area contributed by atoms with Crippen molar-refractivity contribution in [2.75, 3.05) is 13.2 Å². The average Bonchev–Trinajstić information content (AvgIpc) is 2.66. The highest BCUT2D eigenvalue weighted by molar-refractivity contribution is 7.55. The highest BCUT2D eigenvalue weighted by Gasteiger charge is 2.35. The Morgan fingerprint density at radius 2 is 1.50 bits per heavy atom. The third kappa shape index (κ3) is 6.71. The molecule has 1 aromatic rings. The molecular weight excluding hydrogens is 359 g/mol. The van der Waals surface area contributed by atoms with Gasteiger partial charge in [0.05, 0.1) is 13.2 Å². The normalized spacial score (nSPS) is 13.1. The van der Waals surface area contributed by atoms with Crippen LogP contribution in [0.3, 0.4) is 0 Å². The van der Waals surface area contributed by atoms with Crippen LogP contribution in [0, 0.1) is 11.5 Å².